The van der Waals surface area contributed by atoms with E-state index in [1.54, 1.807) is 45.6 Å². The molecule has 1 aliphatic rings. The Morgan fingerprint density at radius 2 is 1.21 bits per heavy atom. The van der Waals surface area contributed by atoms with Crippen LogP contribution in [0.15, 0.2) is 48.5 Å². The topological polar surface area (TPSA) is 77.4 Å². The van der Waals surface area contributed by atoms with E-state index in [0.717, 1.165) is 16.7 Å². The van der Waals surface area contributed by atoms with E-state index in [1.165, 1.54) is 0 Å². The van der Waals surface area contributed by atoms with Crippen LogP contribution in [0.1, 0.15) is 22.6 Å². The predicted molar refractivity (Wildman–Crippen MR) is 103 cm³/mol. The van der Waals surface area contributed by atoms with Crippen LogP contribution in [0.2, 0.25) is 0 Å². The first kappa shape index (κ1) is 17.9. The third-order valence-corrected chi connectivity index (χ3v) is 4.86. The summed E-state index contributed by atoms with van der Waals surface area (Å²) in [6.45, 7) is 0. The van der Waals surface area contributed by atoms with E-state index in [2.05, 4.69) is 0 Å². The van der Waals surface area contributed by atoms with Crippen LogP contribution in [-0.4, -0.2) is 31.5 Å². The van der Waals surface area contributed by atoms with Gasteiger partial charge in [0.05, 0.1) is 21.3 Å². The summed E-state index contributed by atoms with van der Waals surface area (Å²) in [5.74, 6) is 2.64. The van der Waals surface area contributed by atoms with Gasteiger partial charge in [-0.25, -0.2) is 0 Å². The zero-order valence-electron chi connectivity index (χ0n) is 15.7. The molecule has 3 aromatic rings. The molecule has 6 nitrogen and oxygen atoms in total. The fraction of sp³-hybridized carbons (Fsp3) is 0.182. The number of benzene rings is 3. The monoisotopic (exact) mass is 380 g/mol. The normalized spacial score (nSPS) is 12.5. The molecule has 0 amide bonds. The number of phenolic OH excluding ortho intramolecular Hbond substituents is 2. The minimum absolute atomic E-state index is 0.103. The van der Waals surface area contributed by atoms with Gasteiger partial charge in [0.1, 0.15) is 23.0 Å². The number of hydrogen-bond acceptors (Lipinski definition) is 6. The molecule has 1 heterocycles. The molecule has 0 fully saturated rings. The van der Waals surface area contributed by atoms with Crippen LogP contribution in [0.4, 0.5) is 0 Å². The molecular weight excluding hydrogens is 360 g/mol. The third kappa shape index (κ3) is 2.83. The Morgan fingerprint density at radius 3 is 1.64 bits per heavy atom. The summed E-state index contributed by atoms with van der Waals surface area (Å²) in [5, 5.41) is 19.8. The summed E-state index contributed by atoms with van der Waals surface area (Å²) in [6, 6.07) is 13.8. The van der Waals surface area contributed by atoms with E-state index in [-0.39, 0.29) is 17.4 Å². The molecule has 0 radical (unpaired) electrons. The molecule has 144 valence electrons. The Labute approximate surface area is 162 Å². The zero-order chi connectivity index (χ0) is 19.8. The standard InChI is InChI=1S/C22H20O6/c1-25-19-8-12(9-20(26-2)22(19)27-3)21-15-6-4-13(23)10-17(15)28-18-11-14(24)5-7-16(18)21/h4-11,21,23-24H,1-3H3. The van der Waals surface area contributed by atoms with Gasteiger partial charge in [-0.2, -0.15) is 0 Å². The van der Waals surface area contributed by atoms with E-state index in [1.807, 2.05) is 24.3 Å². The van der Waals surface area contributed by atoms with Crippen molar-refractivity contribution in [3.05, 3.63) is 65.2 Å². The summed E-state index contributed by atoms with van der Waals surface area (Å²) in [6.07, 6.45) is 0. The van der Waals surface area contributed by atoms with Crippen molar-refractivity contribution in [2.45, 2.75) is 5.92 Å². The molecule has 2 N–H and O–H groups in total. The van der Waals surface area contributed by atoms with Gasteiger partial charge >= 0.3 is 0 Å². The van der Waals surface area contributed by atoms with Crippen molar-refractivity contribution in [1.82, 2.24) is 0 Å². The molecular formula is C22H20O6. The molecule has 0 bridgehead atoms. The first-order valence-electron chi connectivity index (χ1n) is 8.69. The molecule has 0 aliphatic carbocycles. The highest BCUT2D eigenvalue weighted by atomic mass is 16.5. The van der Waals surface area contributed by atoms with Crippen LogP contribution in [0, 0.1) is 0 Å². The average molecular weight is 380 g/mol. The van der Waals surface area contributed by atoms with Gasteiger partial charge in [0.25, 0.3) is 0 Å². The van der Waals surface area contributed by atoms with Crippen molar-refractivity contribution in [1.29, 1.82) is 0 Å². The molecule has 0 aromatic heterocycles. The van der Waals surface area contributed by atoms with Gasteiger partial charge in [-0.3, -0.25) is 0 Å². The van der Waals surface area contributed by atoms with Gasteiger partial charge in [0, 0.05) is 29.2 Å². The van der Waals surface area contributed by atoms with E-state index in [9.17, 15) is 10.2 Å². The second kappa shape index (κ2) is 6.88. The highest BCUT2D eigenvalue weighted by Gasteiger charge is 2.31. The minimum atomic E-state index is -0.214. The second-order valence-electron chi connectivity index (χ2n) is 6.44. The number of methoxy groups -OCH3 is 3. The number of rotatable bonds is 4. The van der Waals surface area contributed by atoms with Crippen molar-refractivity contribution < 1.29 is 29.2 Å². The number of hydrogen-bond donors (Lipinski definition) is 2. The second-order valence-corrected chi connectivity index (χ2v) is 6.44. The Hall–Kier alpha value is -3.54. The maximum absolute atomic E-state index is 9.89. The summed E-state index contributed by atoms with van der Waals surface area (Å²) in [5.41, 5.74) is 2.66. The lowest BCUT2D eigenvalue weighted by molar-refractivity contribution is 0.323. The van der Waals surface area contributed by atoms with E-state index < -0.39 is 0 Å². The fourth-order valence-electron chi connectivity index (χ4n) is 3.61. The van der Waals surface area contributed by atoms with Crippen molar-refractivity contribution in [3.63, 3.8) is 0 Å². The Balaban J connectivity index is 1.97. The van der Waals surface area contributed by atoms with Crippen molar-refractivity contribution in [2.75, 3.05) is 21.3 Å². The SMILES string of the molecule is COc1cc(C2c3ccc(O)cc3Oc3cc(O)ccc32)cc(OC)c1OC. The zero-order valence-corrected chi connectivity index (χ0v) is 15.7. The quantitative estimate of drug-likeness (QED) is 0.546. The molecule has 4 rings (SSSR count). The van der Waals surface area contributed by atoms with E-state index in [4.69, 9.17) is 18.9 Å². The summed E-state index contributed by atoms with van der Waals surface area (Å²) >= 11 is 0. The van der Waals surface area contributed by atoms with Crippen molar-refractivity contribution >= 4 is 0 Å². The number of aromatic hydroxyl groups is 2. The molecule has 0 saturated carbocycles. The summed E-state index contributed by atoms with van der Waals surface area (Å²) < 4.78 is 22.4. The van der Waals surface area contributed by atoms with Crippen molar-refractivity contribution in [2.24, 2.45) is 0 Å². The third-order valence-electron chi connectivity index (χ3n) is 4.86. The molecule has 28 heavy (non-hydrogen) atoms. The fourth-order valence-corrected chi connectivity index (χ4v) is 3.61. The molecule has 1 aliphatic heterocycles. The largest absolute Gasteiger partial charge is 0.508 e. The maximum atomic E-state index is 9.89. The average Bonchev–Trinajstić information content (AvgIpc) is 2.70. The highest BCUT2D eigenvalue weighted by molar-refractivity contribution is 5.64. The van der Waals surface area contributed by atoms with E-state index in [0.29, 0.717) is 28.7 Å². The lowest BCUT2D eigenvalue weighted by atomic mass is 9.82. The van der Waals surface area contributed by atoms with Gasteiger partial charge < -0.3 is 29.2 Å². The van der Waals surface area contributed by atoms with Crippen LogP contribution in [-0.2, 0) is 0 Å². The molecule has 0 saturated heterocycles. The van der Waals surface area contributed by atoms with E-state index >= 15 is 0 Å². The predicted octanol–water partition coefficient (Wildman–Crippen LogP) is 4.41. The molecule has 6 heteroatoms. The van der Waals surface area contributed by atoms with Gasteiger partial charge in [-0.05, 0) is 29.8 Å². The smallest absolute Gasteiger partial charge is 0.203 e. The lowest BCUT2D eigenvalue weighted by Gasteiger charge is -2.29. The number of phenols is 2. The summed E-state index contributed by atoms with van der Waals surface area (Å²) in [7, 11) is 4.71. The minimum Gasteiger partial charge on any atom is -0.508 e. The Kier molecular flexibility index (Phi) is 4.39. The molecule has 0 unspecified atom stereocenters. The molecule has 0 spiro atoms. The van der Waals surface area contributed by atoms with Gasteiger partial charge in [-0.15, -0.1) is 0 Å². The Morgan fingerprint density at radius 1 is 0.714 bits per heavy atom. The first-order chi connectivity index (χ1) is 13.5. The summed E-state index contributed by atoms with van der Waals surface area (Å²) in [4.78, 5) is 0. The maximum Gasteiger partial charge on any atom is 0.203 e. The van der Waals surface area contributed by atoms with Gasteiger partial charge in [-0.1, -0.05) is 12.1 Å². The van der Waals surface area contributed by atoms with Crippen LogP contribution in [0.3, 0.4) is 0 Å². The molecule has 0 atom stereocenters. The van der Waals surface area contributed by atoms with Crippen LogP contribution in [0.25, 0.3) is 0 Å². The number of ether oxygens (including phenoxy) is 4. The van der Waals surface area contributed by atoms with Crippen LogP contribution in [0.5, 0.6) is 40.2 Å². The van der Waals surface area contributed by atoms with Gasteiger partial charge in [0.15, 0.2) is 11.5 Å². The molecule has 3 aromatic carbocycles. The van der Waals surface area contributed by atoms with Gasteiger partial charge in [0.2, 0.25) is 5.75 Å². The Bertz CT molecular complexity index is 967. The lowest BCUT2D eigenvalue weighted by Crippen LogP contribution is -2.12. The first-order valence-corrected chi connectivity index (χ1v) is 8.69. The van der Waals surface area contributed by atoms with Crippen molar-refractivity contribution in [3.8, 4) is 40.2 Å². The van der Waals surface area contributed by atoms with Crippen LogP contribution < -0.4 is 18.9 Å². The highest BCUT2D eigenvalue weighted by Crippen LogP contribution is 2.51. The number of fused-ring (bicyclic) bond motifs is 2. The van der Waals surface area contributed by atoms with Crippen LogP contribution >= 0.6 is 0 Å².